The van der Waals surface area contributed by atoms with E-state index in [-0.39, 0.29) is 17.7 Å². The molecule has 132 valence electrons. The first-order valence-electron chi connectivity index (χ1n) is 7.81. The summed E-state index contributed by atoms with van der Waals surface area (Å²) in [6.45, 7) is 1.64. The first-order valence-corrected chi connectivity index (χ1v) is 7.81. The van der Waals surface area contributed by atoms with Crippen molar-refractivity contribution in [3.05, 3.63) is 76.1 Å². The molecule has 0 N–H and O–H groups in total. The molecule has 1 unspecified atom stereocenters. The maximum absolute atomic E-state index is 12.2. The Morgan fingerprint density at radius 3 is 2.62 bits per heavy atom. The highest BCUT2D eigenvalue weighted by molar-refractivity contribution is 5.74. The quantitative estimate of drug-likeness (QED) is 0.380. The van der Waals surface area contributed by atoms with Crippen LogP contribution in [0, 0.1) is 10.1 Å². The van der Waals surface area contributed by atoms with Crippen molar-refractivity contribution in [1.29, 1.82) is 0 Å². The van der Waals surface area contributed by atoms with Crippen LogP contribution in [-0.2, 0) is 16.0 Å². The number of nitrogens with zero attached hydrogens (tertiary/aromatic N) is 5. The summed E-state index contributed by atoms with van der Waals surface area (Å²) in [6.07, 6.45) is -0.936. The summed E-state index contributed by atoms with van der Waals surface area (Å²) in [7, 11) is 0. The Morgan fingerprint density at radius 2 is 1.88 bits per heavy atom. The lowest BCUT2D eigenvalue weighted by Crippen LogP contribution is -2.16. The minimum Gasteiger partial charge on any atom is -0.454 e. The van der Waals surface area contributed by atoms with Gasteiger partial charge in [-0.1, -0.05) is 36.4 Å². The first-order chi connectivity index (χ1) is 12.6. The number of tetrazole rings is 1. The Kier molecular flexibility index (Phi) is 4.97. The van der Waals surface area contributed by atoms with Gasteiger partial charge in [-0.05, 0) is 29.5 Å². The zero-order valence-corrected chi connectivity index (χ0v) is 13.8. The van der Waals surface area contributed by atoms with E-state index in [2.05, 4.69) is 15.5 Å². The van der Waals surface area contributed by atoms with Gasteiger partial charge in [-0.25, -0.2) is 0 Å². The average molecular weight is 353 g/mol. The molecular formula is C17H15N5O4. The molecule has 0 saturated heterocycles. The number of carbonyl (C=O) groups excluding carboxylic acids is 1. The monoisotopic (exact) mass is 353 g/mol. The van der Waals surface area contributed by atoms with Gasteiger partial charge in [0.1, 0.15) is 0 Å². The normalized spacial score (nSPS) is 11.7. The predicted molar refractivity (Wildman–Crippen MR) is 90.5 cm³/mol. The highest BCUT2D eigenvalue weighted by Gasteiger charge is 2.22. The Morgan fingerprint density at radius 1 is 1.19 bits per heavy atom. The van der Waals surface area contributed by atoms with Gasteiger partial charge < -0.3 is 4.74 Å². The third kappa shape index (κ3) is 3.72. The summed E-state index contributed by atoms with van der Waals surface area (Å²) in [4.78, 5) is 22.7. The van der Waals surface area contributed by atoms with Crippen LogP contribution in [0.2, 0.25) is 0 Å². The molecule has 0 bridgehead atoms. The van der Waals surface area contributed by atoms with Crippen molar-refractivity contribution in [2.45, 2.75) is 19.4 Å². The Labute approximate surface area is 148 Å². The molecule has 0 spiro atoms. The molecule has 0 saturated carbocycles. The summed E-state index contributed by atoms with van der Waals surface area (Å²) in [5.41, 5.74) is 0.901. The smallest absolute Gasteiger partial charge is 0.311 e. The summed E-state index contributed by atoms with van der Waals surface area (Å²) in [6, 6.07) is 15.2. The number of hydrogen-bond acceptors (Lipinski definition) is 7. The van der Waals surface area contributed by atoms with E-state index in [1.165, 1.54) is 16.8 Å². The van der Waals surface area contributed by atoms with Gasteiger partial charge in [0.2, 0.25) is 0 Å². The van der Waals surface area contributed by atoms with Gasteiger partial charge in [-0.2, -0.15) is 4.68 Å². The molecule has 1 aromatic heterocycles. The molecule has 0 aliphatic rings. The second-order valence-corrected chi connectivity index (χ2v) is 5.48. The van der Waals surface area contributed by atoms with E-state index in [0.29, 0.717) is 5.82 Å². The lowest BCUT2D eigenvalue weighted by molar-refractivity contribution is -0.385. The van der Waals surface area contributed by atoms with Gasteiger partial charge in [0, 0.05) is 11.6 Å². The largest absolute Gasteiger partial charge is 0.454 e. The number of esters is 1. The fraction of sp³-hybridized carbons (Fsp3) is 0.176. The summed E-state index contributed by atoms with van der Waals surface area (Å²) in [5, 5.41) is 22.5. The van der Waals surface area contributed by atoms with Gasteiger partial charge >= 0.3 is 5.97 Å². The standard InChI is InChI=1S/C17H15N5O4/c1-12(17-18-19-20-21(17)14-8-3-2-4-9-14)26-16(23)11-13-7-5-6-10-15(13)22(24)25/h2-10,12H,11H2,1H3. The maximum Gasteiger partial charge on any atom is 0.311 e. The third-order valence-electron chi connectivity index (χ3n) is 3.69. The second-order valence-electron chi connectivity index (χ2n) is 5.48. The predicted octanol–water partition coefficient (Wildman–Crippen LogP) is 2.42. The van der Waals surface area contributed by atoms with Crippen LogP contribution in [-0.4, -0.2) is 31.1 Å². The van der Waals surface area contributed by atoms with Crippen LogP contribution < -0.4 is 0 Å². The van der Waals surface area contributed by atoms with Gasteiger partial charge in [-0.15, -0.1) is 5.10 Å². The van der Waals surface area contributed by atoms with Crippen LogP contribution in [0.3, 0.4) is 0 Å². The van der Waals surface area contributed by atoms with Crippen LogP contribution in [0.1, 0.15) is 24.4 Å². The van der Waals surface area contributed by atoms with Crippen LogP contribution >= 0.6 is 0 Å². The van der Waals surface area contributed by atoms with E-state index < -0.39 is 17.0 Å². The lowest BCUT2D eigenvalue weighted by atomic mass is 10.1. The van der Waals surface area contributed by atoms with Crippen molar-refractivity contribution in [3.63, 3.8) is 0 Å². The molecule has 9 heteroatoms. The van der Waals surface area contributed by atoms with Crippen molar-refractivity contribution in [2.75, 3.05) is 0 Å². The number of hydrogen-bond donors (Lipinski definition) is 0. The zero-order valence-electron chi connectivity index (χ0n) is 13.8. The summed E-state index contributed by atoms with van der Waals surface area (Å²) >= 11 is 0. The van der Waals surface area contributed by atoms with Crippen LogP contribution in [0.15, 0.2) is 54.6 Å². The lowest BCUT2D eigenvalue weighted by Gasteiger charge is -2.13. The molecule has 1 heterocycles. The van der Waals surface area contributed by atoms with E-state index in [4.69, 9.17) is 4.74 Å². The topological polar surface area (TPSA) is 113 Å². The summed E-state index contributed by atoms with van der Waals surface area (Å²) in [5.74, 6) is -0.249. The maximum atomic E-state index is 12.2. The Hall–Kier alpha value is -3.62. The van der Waals surface area contributed by atoms with Crippen molar-refractivity contribution in [1.82, 2.24) is 20.2 Å². The Balaban J connectivity index is 1.74. The minimum atomic E-state index is -0.722. The Bertz CT molecular complexity index is 926. The van der Waals surface area contributed by atoms with Crippen molar-refractivity contribution < 1.29 is 14.5 Å². The molecule has 3 aromatic rings. The highest BCUT2D eigenvalue weighted by atomic mass is 16.6. The number of benzene rings is 2. The number of para-hydroxylation sites is 2. The fourth-order valence-electron chi connectivity index (χ4n) is 2.49. The SMILES string of the molecule is CC(OC(=O)Cc1ccccc1[N+](=O)[O-])c1nnnn1-c1ccccc1. The highest BCUT2D eigenvalue weighted by Crippen LogP contribution is 2.21. The molecule has 26 heavy (non-hydrogen) atoms. The molecule has 0 aliphatic carbocycles. The third-order valence-corrected chi connectivity index (χ3v) is 3.69. The van der Waals surface area contributed by atoms with Gasteiger partial charge in [0.25, 0.3) is 5.69 Å². The van der Waals surface area contributed by atoms with Crippen molar-refractivity contribution in [3.8, 4) is 5.69 Å². The second kappa shape index (κ2) is 7.51. The molecular weight excluding hydrogens is 338 g/mol. The molecule has 2 aromatic carbocycles. The molecule has 3 rings (SSSR count). The van der Waals surface area contributed by atoms with E-state index in [1.807, 2.05) is 30.3 Å². The van der Waals surface area contributed by atoms with Crippen LogP contribution in [0.25, 0.3) is 5.69 Å². The summed E-state index contributed by atoms with van der Waals surface area (Å²) < 4.78 is 6.85. The van der Waals surface area contributed by atoms with E-state index in [1.54, 1.807) is 19.1 Å². The number of ether oxygens (including phenoxy) is 1. The molecule has 0 aliphatic heterocycles. The van der Waals surface area contributed by atoms with Gasteiger partial charge in [-0.3, -0.25) is 14.9 Å². The number of rotatable bonds is 6. The van der Waals surface area contributed by atoms with E-state index in [0.717, 1.165) is 5.69 Å². The van der Waals surface area contributed by atoms with E-state index in [9.17, 15) is 14.9 Å². The number of aromatic nitrogens is 4. The van der Waals surface area contributed by atoms with Gasteiger partial charge in [0.05, 0.1) is 17.0 Å². The molecule has 1 atom stereocenters. The van der Waals surface area contributed by atoms with Crippen molar-refractivity contribution >= 4 is 11.7 Å². The first kappa shape index (κ1) is 17.2. The van der Waals surface area contributed by atoms with Crippen LogP contribution in [0.5, 0.6) is 0 Å². The van der Waals surface area contributed by atoms with E-state index >= 15 is 0 Å². The molecule has 9 nitrogen and oxygen atoms in total. The molecule has 0 radical (unpaired) electrons. The molecule has 0 fully saturated rings. The van der Waals surface area contributed by atoms with Gasteiger partial charge in [0.15, 0.2) is 11.9 Å². The number of nitro benzene ring substituents is 1. The van der Waals surface area contributed by atoms with Crippen molar-refractivity contribution in [2.24, 2.45) is 0 Å². The fourth-order valence-corrected chi connectivity index (χ4v) is 2.49. The minimum absolute atomic E-state index is 0.119. The molecule has 0 amide bonds. The van der Waals surface area contributed by atoms with Crippen LogP contribution in [0.4, 0.5) is 5.69 Å². The zero-order chi connectivity index (χ0) is 18.5. The number of carbonyl (C=O) groups is 1. The number of nitro groups is 1. The average Bonchev–Trinajstić information content (AvgIpc) is 3.12.